The normalized spacial score (nSPS) is 12.2. The Hall–Kier alpha value is -6.49. The molecule has 3 aromatic heterocycles. The summed E-state index contributed by atoms with van der Waals surface area (Å²) in [6.45, 7) is 10.9. The van der Waals surface area contributed by atoms with Crippen LogP contribution in [0, 0.1) is 32.3 Å². The van der Waals surface area contributed by atoms with Gasteiger partial charge in [0.05, 0.1) is 11.0 Å². The van der Waals surface area contributed by atoms with Crippen LogP contribution in [0.4, 0.5) is 11.5 Å². The van der Waals surface area contributed by atoms with Gasteiger partial charge in [0.25, 0.3) is 0 Å². The molecule has 0 radical (unpaired) electrons. The van der Waals surface area contributed by atoms with Crippen LogP contribution in [0.3, 0.4) is 0 Å². The zero-order valence-electron chi connectivity index (χ0n) is 34.7. The van der Waals surface area contributed by atoms with E-state index in [9.17, 15) is 0 Å². The third-order valence-electron chi connectivity index (χ3n) is 12.2. The molecule has 0 N–H and O–H groups in total. The number of pyridine rings is 1. The summed E-state index contributed by atoms with van der Waals surface area (Å²) in [7, 11) is 0. The molecular formula is C54H42BN5Pt-2. The molecule has 0 aliphatic carbocycles. The third kappa shape index (κ3) is 6.19. The molecule has 7 aromatic carbocycles. The van der Waals surface area contributed by atoms with Gasteiger partial charge in [-0.25, -0.2) is 4.98 Å². The zero-order chi connectivity index (χ0) is 40.7. The molecule has 0 saturated heterocycles. The number of fused-ring (bicyclic) bond motifs is 7. The standard InChI is InChI=1S/C54H42BN5.Pt/c1-36-19-17-20-37(2)52(36)60(51-34-38(54(3,4)5)33-50(56-51)59-47-30-15-12-26-43(47)44-27-13-16-31-48(44)59)55-46-29-14-11-25-42(46)40-23-9-10-24-41(40)45-28-18-32-49-53(45)58(55)35-57(49)39-21-7-6-8-22-39;/h6-21,23-30,32-34H,1-5H3;/q-2;. The number of aromatic nitrogens is 4. The maximum absolute atomic E-state index is 5.81. The van der Waals surface area contributed by atoms with Crippen molar-refractivity contribution in [1.29, 1.82) is 0 Å². The molecule has 1 aliphatic heterocycles. The van der Waals surface area contributed by atoms with Gasteiger partial charge < -0.3 is 18.4 Å². The van der Waals surface area contributed by atoms with Crippen LogP contribution < -0.4 is 14.8 Å². The predicted octanol–water partition coefficient (Wildman–Crippen LogP) is 11.5. The van der Waals surface area contributed by atoms with Gasteiger partial charge in [0.2, 0.25) is 6.33 Å². The molecule has 61 heavy (non-hydrogen) atoms. The van der Waals surface area contributed by atoms with Crippen LogP contribution in [0.25, 0.3) is 66.6 Å². The number of rotatable bonds is 5. The second kappa shape index (κ2) is 14.9. The van der Waals surface area contributed by atoms with Crippen molar-refractivity contribution >= 4 is 56.8 Å². The quantitative estimate of drug-likeness (QED) is 0.127. The number of hydrogen-bond acceptors (Lipinski definition) is 2. The topological polar surface area (TPSA) is 29.9 Å². The minimum Gasteiger partial charge on any atom is -0.354 e. The van der Waals surface area contributed by atoms with Crippen molar-refractivity contribution in [3.63, 3.8) is 0 Å². The smallest absolute Gasteiger partial charge is 0.354 e. The van der Waals surface area contributed by atoms with Gasteiger partial charge in [-0.1, -0.05) is 135 Å². The molecule has 0 atom stereocenters. The summed E-state index contributed by atoms with van der Waals surface area (Å²) in [6.07, 6.45) is 3.95. The van der Waals surface area contributed by atoms with E-state index in [1.165, 1.54) is 27.6 Å². The molecule has 4 heterocycles. The Labute approximate surface area is 372 Å². The van der Waals surface area contributed by atoms with Crippen molar-refractivity contribution in [2.75, 3.05) is 4.81 Å². The minimum absolute atomic E-state index is 0. The van der Waals surface area contributed by atoms with E-state index >= 15 is 0 Å². The van der Waals surface area contributed by atoms with E-state index in [0.29, 0.717) is 0 Å². The van der Waals surface area contributed by atoms with E-state index in [0.717, 1.165) is 72.6 Å². The number of nitrogens with zero attached hydrogens (tertiary/aromatic N) is 5. The van der Waals surface area contributed by atoms with Crippen LogP contribution in [0.2, 0.25) is 0 Å². The van der Waals surface area contributed by atoms with Crippen molar-refractivity contribution in [3.05, 3.63) is 199 Å². The van der Waals surface area contributed by atoms with E-state index < -0.39 is 6.98 Å². The Balaban J connectivity index is 0.00000445. The number of aryl methyl sites for hydroxylation is 2. The summed E-state index contributed by atoms with van der Waals surface area (Å²) >= 11 is 0. The van der Waals surface area contributed by atoms with Crippen molar-refractivity contribution < 1.29 is 25.5 Å². The van der Waals surface area contributed by atoms with Gasteiger partial charge in [0.15, 0.2) is 0 Å². The van der Waals surface area contributed by atoms with Crippen molar-refractivity contribution in [2.24, 2.45) is 0 Å². The molecular weight excluding hydrogens is 925 g/mol. The number of benzene rings is 7. The minimum atomic E-state index is -0.428. The first kappa shape index (κ1) is 38.7. The van der Waals surface area contributed by atoms with Crippen LogP contribution in [0.1, 0.15) is 37.5 Å². The summed E-state index contributed by atoms with van der Waals surface area (Å²) in [6, 6.07) is 65.7. The summed E-state index contributed by atoms with van der Waals surface area (Å²) in [5.74, 6) is 1.69. The van der Waals surface area contributed by atoms with E-state index in [1.54, 1.807) is 0 Å². The predicted molar refractivity (Wildman–Crippen MR) is 247 cm³/mol. The van der Waals surface area contributed by atoms with Crippen LogP contribution in [0.5, 0.6) is 0 Å². The molecule has 10 aromatic rings. The van der Waals surface area contributed by atoms with E-state index in [4.69, 9.17) is 4.98 Å². The fourth-order valence-corrected chi connectivity index (χ4v) is 9.40. The monoisotopic (exact) mass is 966 g/mol. The first-order chi connectivity index (χ1) is 29.3. The molecule has 0 spiro atoms. The number of anilines is 2. The Morgan fingerprint density at radius 2 is 1.26 bits per heavy atom. The summed E-state index contributed by atoms with van der Waals surface area (Å²) in [4.78, 5) is 8.29. The second-order valence-corrected chi connectivity index (χ2v) is 17.0. The molecule has 298 valence electrons. The molecule has 0 amide bonds. The van der Waals surface area contributed by atoms with Gasteiger partial charge in [0, 0.05) is 37.7 Å². The molecule has 0 unspecified atom stereocenters. The van der Waals surface area contributed by atoms with Crippen molar-refractivity contribution in [1.82, 2.24) is 14.1 Å². The fourth-order valence-electron chi connectivity index (χ4n) is 9.40. The van der Waals surface area contributed by atoms with Gasteiger partial charge in [-0.15, -0.1) is 5.39 Å². The molecule has 0 fully saturated rings. The summed E-state index contributed by atoms with van der Waals surface area (Å²) in [5.41, 5.74) is 15.4. The molecule has 5 nitrogen and oxygen atoms in total. The Kier molecular flexibility index (Phi) is 9.45. The number of para-hydroxylation sites is 5. The van der Waals surface area contributed by atoms with Gasteiger partial charge in [-0.3, -0.25) is 0 Å². The zero-order valence-corrected chi connectivity index (χ0v) is 37.0. The first-order valence-electron chi connectivity index (χ1n) is 20.7. The van der Waals surface area contributed by atoms with Crippen molar-refractivity contribution in [3.8, 4) is 33.8 Å². The largest absolute Gasteiger partial charge is 0.525 e. The van der Waals surface area contributed by atoms with Gasteiger partial charge in [0.1, 0.15) is 11.6 Å². The Bertz CT molecular complexity index is 3230. The SMILES string of the molecule is Cc1cccc(C)c1N(B1c2ccccc2-c2ccccc2-c2cccc3c2[n+]1[c-]n3-c1[c-]cccc1)c1cc(C(C)(C)C)cc(-n2c3[c-]cccc3c3ccccc32)n1.[Pt]. The second-order valence-electron chi connectivity index (χ2n) is 17.0. The van der Waals surface area contributed by atoms with Crippen LogP contribution in [-0.4, -0.2) is 21.1 Å². The Morgan fingerprint density at radius 3 is 2.03 bits per heavy atom. The first-order valence-corrected chi connectivity index (χ1v) is 20.7. The average Bonchev–Trinajstić information content (AvgIpc) is 3.82. The third-order valence-corrected chi connectivity index (χ3v) is 12.2. The molecule has 0 bridgehead atoms. The van der Waals surface area contributed by atoms with E-state index in [-0.39, 0.29) is 26.5 Å². The van der Waals surface area contributed by atoms with E-state index in [2.05, 4.69) is 217 Å². The molecule has 0 saturated carbocycles. The van der Waals surface area contributed by atoms with Crippen LogP contribution in [0.15, 0.2) is 164 Å². The fraction of sp³-hybridized carbons (Fsp3) is 0.111. The number of hydrogen-bond donors (Lipinski definition) is 0. The average molecular weight is 967 g/mol. The van der Waals surface area contributed by atoms with Crippen molar-refractivity contribution in [2.45, 2.75) is 40.0 Å². The summed E-state index contributed by atoms with van der Waals surface area (Å²) in [5, 5.41) is 2.33. The molecule has 7 heteroatoms. The van der Waals surface area contributed by atoms with Crippen LogP contribution in [-0.2, 0) is 26.5 Å². The van der Waals surface area contributed by atoms with Gasteiger partial charge >= 0.3 is 6.98 Å². The number of imidazole rings is 1. The molecule has 11 rings (SSSR count). The Morgan fingerprint density at radius 1 is 0.623 bits per heavy atom. The van der Waals surface area contributed by atoms with Gasteiger partial charge in [-0.05, 0) is 81.8 Å². The molecule has 1 aliphatic rings. The maximum Gasteiger partial charge on any atom is 0.525 e. The maximum atomic E-state index is 5.81. The van der Waals surface area contributed by atoms with Crippen LogP contribution >= 0.6 is 0 Å². The van der Waals surface area contributed by atoms with E-state index in [1.807, 2.05) is 18.2 Å². The van der Waals surface area contributed by atoms with Gasteiger partial charge in [-0.2, -0.15) is 54.6 Å². The summed E-state index contributed by atoms with van der Waals surface area (Å²) < 4.78 is 6.83.